The van der Waals surface area contributed by atoms with Gasteiger partial charge in [-0.1, -0.05) is 106 Å². The molecule has 0 aromatic heterocycles. The van der Waals surface area contributed by atoms with Crippen LogP contribution in [0.3, 0.4) is 0 Å². The van der Waals surface area contributed by atoms with E-state index in [4.69, 9.17) is 16.0 Å². The molecule has 48 heavy (non-hydrogen) atoms. The first-order valence-electron chi connectivity index (χ1n) is 17.6. The van der Waals surface area contributed by atoms with Crippen LogP contribution in [-0.2, 0) is 0 Å². The Bertz CT molecular complexity index is 1610. The van der Waals surface area contributed by atoms with Gasteiger partial charge in [0.2, 0.25) is 0 Å². The van der Waals surface area contributed by atoms with Gasteiger partial charge >= 0.3 is 0 Å². The minimum Gasteiger partial charge on any atom is -0.493 e. The smallest absolute Gasteiger partial charge is 0.195 e. The molecule has 0 atom stereocenters. The van der Waals surface area contributed by atoms with E-state index in [2.05, 4.69) is 88.0 Å². The second-order valence-electron chi connectivity index (χ2n) is 12.3. The maximum absolute atomic E-state index is 9.71. The highest BCUT2D eigenvalue weighted by atomic mass is 16.5. The van der Waals surface area contributed by atoms with Crippen molar-refractivity contribution in [1.82, 2.24) is 0 Å². The molecule has 4 heteroatoms. The fourth-order valence-corrected chi connectivity index (χ4v) is 5.23. The number of nitriles is 1. The minimum atomic E-state index is 0.531. The lowest BCUT2D eigenvalue weighted by Gasteiger charge is -2.16. The summed E-state index contributed by atoms with van der Waals surface area (Å²) in [6.45, 7) is 25.8. The summed E-state index contributed by atoms with van der Waals surface area (Å²) in [7, 11) is 0. The number of benzene rings is 3. The zero-order valence-corrected chi connectivity index (χ0v) is 30.7. The van der Waals surface area contributed by atoms with Crippen LogP contribution in [0, 0.1) is 45.6 Å². The number of unbranched alkanes of at least 4 members (excludes halogenated alkanes) is 6. The molecule has 0 amide bonds. The van der Waals surface area contributed by atoms with Crippen molar-refractivity contribution in [3.05, 3.63) is 117 Å². The number of allylic oxidation sites excluding steroid dienone is 3. The molecule has 254 valence electrons. The molecule has 0 saturated carbocycles. The Morgan fingerprint density at radius 1 is 0.750 bits per heavy atom. The summed E-state index contributed by atoms with van der Waals surface area (Å²) >= 11 is 0. The summed E-state index contributed by atoms with van der Waals surface area (Å²) in [6.07, 6.45) is 16.9. The molecule has 3 aromatic rings. The van der Waals surface area contributed by atoms with Crippen molar-refractivity contribution in [2.75, 3.05) is 13.2 Å². The Morgan fingerprint density at radius 3 is 1.90 bits per heavy atom. The molecule has 0 radical (unpaired) electrons. The molecule has 0 unspecified atom stereocenters. The number of rotatable bonds is 16. The van der Waals surface area contributed by atoms with Gasteiger partial charge in [0, 0.05) is 11.1 Å². The summed E-state index contributed by atoms with van der Waals surface area (Å²) in [6, 6.07) is 18.9. The van der Waals surface area contributed by atoms with Crippen LogP contribution < -0.4 is 9.47 Å². The summed E-state index contributed by atoms with van der Waals surface area (Å²) in [5, 5.41) is 9.71. The van der Waals surface area contributed by atoms with Crippen LogP contribution in [0.1, 0.15) is 124 Å². The Morgan fingerprint density at radius 2 is 1.35 bits per heavy atom. The molecule has 0 aliphatic heterocycles. The second-order valence-corrected chi connectivity index (χ2v) is 12.3. The molecule has 4 nitrogen and oxygen atoms in total. The van der Waals surface area contributed by atoms with Crippen molar-refractivity contribution < 1.29 is 9.47 Å². The van der Waals surface area contributed by atoms with Gasteiger partial charge in [-0.2, -0.15) is 5.26 Å². The molecule has 0 aliphatic rings. The molecule has 0 spiro atoms. The summed E-state index contributed by atoms with van der Waals surface area (Å²) in [5.74, 6) is 1.46. The largest absolute Gasteiger partial charge is 0.493 e. The molecule has 0 N–H and O–H groups in total. The second kappa shape index (κ2) is 22.1. The van der Waals surface area contributed by atoms with Gasteiger partial charge < -0.3 is 9.47 Å². The van der Waals surface area contributed by atoms with Crippen LogP contribution in [-0.4, -0.2) is 13.2 Å². The van der Waals surface area contributed by atoms with Crippen molar-refractivity contribution in [1.29, 1.82) is 5.26 Å². The van der Waals surface area contributed by atoms with Crippen molar-refractivity contribution in [2.24, 2.45) is 0 Å². The van der Waals surface area contributed by atoms with Crippen LogP contribution in [0.15, 0.2) is 60.7 Å². The molecule has 0 heterocycles. The van der Waals surface area contributed by atoms with Gasteiger partial charge in [0.25, 0.3) is 0 Å². The topological polar surface area (TPSA) is 46.6 Å². The van der Waals surface area contributed by atoms with Crippen LogP contribution in [0.2, 0.25) is 0 Å². The average Bonchev–Trinajstić information content (AvgIpc) is 3.08. The number of hydrogen-bond donors (Lipinski definition) is 0. The van der Waals surface area contributed by atoms with E-state index in [-0.39, 0.29) is 0 Å². The van der Waals surface area contributed by atoms with Crippen molar-refractivity contribution in [2.45, 2.75) is 107 Å². The van der Waals surface area contributed by atoms with Gasteiger partial charge in [-0.05, 0) is 107 Å². The monoisotopic (exact) mass is 644 g/mol. The maximum atomic E-state index is 9.71. The third kappa shape index (κ3) is 12.9. The highest BCUT2D eigenvalue weighted by Crippen LogP contribution is 2.35. The van der Waals surface area contributed by atoms with E-state index in [1.807, 2.05) is 51.1 Å². The number of nitrogens with zero attached hydrogens (tertiary/aromatic N) is 2. The lowest BCUT2D eigenvalue weighted by atomic mass is 9.96. The molecule has 3 aromatic carbocycles. The fourth-order valence-electron chi connectivity index (χ4n) is 5.23. The van der Waals surface area contributed by atoms with Crippen LogP contribution in [0.25, 0.3) is 28.3 Å². The van der Waals surface area contributed by atoms with Gasteiger partial charge in [0.15, 0.2) is 5.70 Å². The Kier molecular flexibility index (Phi) is 18.3. The number of aryl methyl sites for hydroxylation is 4. The van der Waals surface area contributed by atoms with Gasteiger partial charge in [-0.3, -0.25) is 0 Å². The zero-order chi connectivity index (χ0) is 35.3. The summed E-state index contributed by atoms with van der Waals surface area (Å²) < 4.78 is 12.4. The maximum Gasteiger partial charge on any atom is 0.195 e. The van der Waals surface area contributed by atoms with Gasteiger partial charge in [-0.25, -0.2) is 4.85 Å². The molecule has 0 aliphatic carbocycles. The molecule has 0 fully saturated rings. The lowest BCUT2D eigenvalue weighted by Crippen LogP contribution is -2.02. The normalized spacial score (nSPS) is 11.5. The first-order valence-corrected chi connectivity index (χ1v) is 17.6. The average molecular weight is 645 g/mol. The van der Waals surface area contributed by atoms with E-state index in [0.717, 1.165) is 59.3 Å². The van der Waals surface area contributed by atoms with Crippen LogP contribution in [0.5, 0.6) is 11.5 Å². The number of hydrogen-bond acceptors (Lipinski definition) is 3. The summed E-state index contributed by atoms with van der Waals surface area (Å²) in [5.41, 5.74) is 9.45. The lowest BCUT2D eigenvalue weighted by molar-refractivity contribution is 0.304. The van der Waals surface area contributed by atoms with Crippen molar-refractivity contribution in [3.63, 3.8) is 0 Å². The van der Waals surface area contributed by atoms with Crippen LogP contribution in [0.4, 0.5) is 0 Å². The third-order valence-electron chi connectivity index (χ3n) is 8.29. The zero-order valence-electron chi connectivity index (χ0n) is 30.7. The standard InChI is InChI=1S/C34H44N2O2.C10H12/c1-8-11-13-15-17-37-33-21-26(5)25(4)19-29(33)22-32(36-7)30-23-34(38-18-16-14-12-9-2)31(20-27(30)6)28(10-3)24-35;1-3-4-10-7-5-9(2)6-8-10/h10,19-23H,8-9,11-18H2,1-6H3;3-8H,1-2H3/b28-10+,32-22-;4-3+. The number of ether oxygens (including phenoxy) is 2. The Balaban J connectivity index is 0.000000680. The minimum absolute atomic E-state index is 0.531. The third-order valence-corrected chi connectivity index (χ3v) is 8.29. The molecular formula is C44H56N2O2. The van der Waals surface area contributed by atoms with E-state index in [1.165, 1.54) is 42.4 Å². The van der Waals surface area contributed by atoms with E-state index < -0.39 is 0 Å². The fraction of sp³-hybridized carbons (Fsp3) is 0.409. The predicted molar refractivity (Wildman–Crippen MR) is 206 cm³/mol. The molecule has 0 saturated heterocycles. The molecule has 0 bridgehead atoms. The SMILES string of the molecule is C/C=C/c1ccc(C)cc1.[C-]#[N+]/C(=C\c1cc(C)c(C)cc1OCCCCCC)c1cc(OCCCCCC)c(/C(C#N)=C/C)cc1C. The Hall–Kier alpha value is -4.54. The first-order chi connectivity index (χ1) is 23.2. The highest BCUT2D eigenvalue weighted by Gasteiger charge is 2.16. The van der Waals surface area contributed by atoms with E-state index >= 15 is 0 Å². The van der Waals surface area contributed by atoms with Gasteiger partial charge in [-0.15, -0.1) is 0 Å². The Labute approximate surface area is 291 Å². The summed E-state index contributed by atoms with van der Waals surface area (Å²) in [4.78, 5) is 3.93. The van der Waals surface area contributed by atoms with Crippen LogP contribution >= 0.6 is 0 Å². The van der Waals surface area contributed by atoms with E-state index in [0.29, 0.717) is 30.2 Å². The molecular weight excluding hydrogens is 588 g/mol. The van der Waals surface area contributed by atoms with E-state index in [9.17, 15) is 5.26 Å². The van der Waals surface area contributed by atoms with Gasteiger partial charge in [0.1, 0.15) is 11.5 Å². The highest BCUT2D eigenvalue weighted by molar-refractivity contribution is 5.90. The quantitative estimate of drug-likeness (QED) is 0.0674. The van der Waals surface area contributed by atoms with E-state index in [1.54, 1.807) is 0 Å². The first kappa shape index (κ1) is 39.6. The van der Waals surface area contributed by atoms with Gasteiger partial charge in [0.05, 0.1) is 31.4 Å². The molecule has 3 rings (SSSR count). The predicted octanol–water partition coefficient (Wildman–Crippen LogP) is 12.9. The van der Waals surface area contributed by atoms with Crippen molar-refractivity contribution in [3.8, 4) is 17.6 Å². The van der Waals surface area contributed by atoms with Crippen molar-refractivity contribution >= 4 is 23.4 Å².